The van der Waals surface area contributed by atoms with Gasteiger partial charge in [0.2, 0.25) is 0 Å². The predicted octanol–water partition coefficient (Wildman–Crippen LogP) is 0.982. The third-order valence-corrected chi connectivity index (χ3v) is 5.85. The molecule has 0 aromatic heterocycles. The molecule has 1 amide bonds. The fourth-order valence-electron chi connectivity index (χ4n) is 2.73. The van der Waals surface area contributed by atoms with E-state index in [9.17, 15) is 13.2 Å². The fraction of sp³-hybridized carbons (Fsp3) is 0.562. The Hall–Kier alpha value is -1.60. The number of amides is 1. The second-order valence-corrected chi connectivity index (χ2v) is 8.24. The molecule has 0 aliphatic carbocycles. The number of benzene rings is 1. The third-order valence-electron chi connectivity index (χ3n) is 4.13. The van der Waals surface area contributed by atoms with Crippen molar-refractivity contribution in [1.29, 1.82) is 0 Å². The van der Waals surface area contributed by atoms with Crippen molar-refractivity contribution in [3.8, 4) is 5.75 Å². The molecule has 1 aliphatic heterocycles. The third kappa shape index (κ3) is 4.45. The lowest BCUT2D eigenvalue weighted by Crippen LogP contribution is -2.42. The standard InChI is InChI=1S/C16H24N2O4S/c1-12-3-4-15(22-8-7-17)14(11-12)16(19)18(2)13-5-9-23(20,21)10-6-13/h3-4,11,13H,5-10,17H2,1-2H3. The second kappa shape index (κ2) is 7.31. The summed E-state index contributed by atoms with van der Waals surface area (Å²) in [7, 11) is -1.22. The molecule has 1 aromatic carbocycles. The minimum atomic E-state index is -2.94. The quantitative estimate of drug-likeness (QED) is 0.863. The smallest absolute Gasteiger partial charge is 0.257 e. The summed E-state index contributed by atoms with van der Waals surface area (Å²) in [6, 6.07) is 5.39. The van der Waals surface area contributed by atoms with Crippen LogP contribution in [-0.4, -0.2) is 57.0 Å². The Balaban J connectivity index is 2.17. The van der Waals surface area contributed by atoms with E-state index in [2.05, 4.69) is 0 Å². The predicted molar refractivity (Wildman–Crippen MR) is 89.5 cm³/mol. The zero-order valence-electron chi connectivity index (χ0n) is 13.6. The second-order valence-electron chi connectivity index (χ2n) is 5.94. The number of hydrogen-bond acceptors (Lipinski definition) is 5. The molecule has 1 aliphatic rings. The maximum Gasteiger partial charge on any atom is 0.257 e. The van der Waals surface area contributed by atoms with Crippen LogP contribution in [0.4, 0.5) is 0 Å². The van der Waals surface area contributed by atoms with Crippen LogP contribution in [-0.2, 0) is 9.84 Å². The molecule has 128 valence electrons. The number of ether oxygens (including phenoxy) is 1. The molecule has 1 aromatic rings. The van der Waals surface area contributed by atoms with Crippen molar-refractivity contribution in [2.45, 2.75) is 25.8 Å². The molecule has 0 bridgehead atoms. The molecular formula is C16H24N2O4S. The summed E-state index contributed by atoms with van der Waals surface area (Å²) in [5, 5.41) is 0. The van der Waals surface area contributed by atoms with Crippen LogP contribution in [0.5, 0.6) is 5.75 Å². The van der Waals surface area contributed by atoms with Gasteiger partial charge in [-0.2, -0.15) is 0 Å². The molecule has 0 spiro atoms. The zero-order chi connectivity index (χ0) is 17.0. The van der Waals surface area contributed by atoms with Crippen LogP contribution in [0.3, 0.4) is 0 Å². The minimum absolute atomic E-state index is 0.0612. The Morgan fingerprint density at radius 3 is 2.61 bits per heavy atom. The Bertz CT molecular complexity index is 659. The minimum Gasteiger partial charge on any atom is -0.491 e. The van der Waals surface area contributed by atoms with E-state index in [1.54, 1.807) is 24.1 Å². The van der Waals surface area contributed by atoms with Crippen LogP contribution in [0.1, 0.15) is 28.8 Å². The number of hydrogen-bond donors (Lipinski definition) is 1. The first-order valence-electron chi connectivity index (χ1n) is 7.75. The van der Waals surface area contributed by atoms with E-state index >= 15 is 0 Å². The van der Waals surface area contributed by atoms with Crippen molar-refractivity contribution in [3.63, 3.8) is 0 Å². The van der Waals surface area contributed by atoms with Gasteiger partial charge < -0.3 is 15.4 Å². The average molecular weight is 340 g/mol. The molecule has 23 heavy (non-hydrogen) atoms. The van der Waals surface area contributed by atoms with E-state index in [0.717, 1.165) is 5.56 Å². The first-order valence-corrected chi connectivity index (χ1v) is 9.57. The largest absolute Gasteiger partial charge is 0.491 e. The van der Waals surface area contributed by atoms with Crippen LogP contribution in [0, 0.1) is 6.92 Å². The number of nitrogens with two attached hydrogens (primary N) is 1. The summed E-state index contributed by atoms with van der Waals surface area (Å²) in [4.78, 5) is 14.4. The van der Waals surface area contributed by atoms with Crippen LogP contribution >= 0.6 is 0 Å². The Morgan fingerprint density at radius 1 is 1.35 bits per heavy atom. The van der Waals surface area contributed by atoms with Crippen molar-refractivity contribution in [3.05, 3.63) is 29.3 Å². The first kappa shape index (κ1) is 17.7. The van der Waals surface area contributed by atoms with Gasteiger partial charge in [-0.25, -0.2) is 8.42 Å². The monoisotopic (exact) mass is 340 g/mol. The summed E-state index contributed by atoms with van der Waals surface area (Å²) in [5.41, 5.74) is 6.92. The van der Waals surface area contributed by atoms with Crippen LogP contribution in [0.25, 0.3) is 0 Å². The van der Waals surface area contributed by atoms with Crippen molar-refractivity contribution < 1.29 is 17.9 Å². The zero-order valence-corrected chi connectivity index (χ0v) is 14.4. The molecule has 7 heteroatoms. The highest BCUT2D eigenvalue weighted by atomic mass is 32.2. The molecule has 1 saturated heterocycles. The van der Waals surface area contributed by atoms with Gasteiger partial charge in [0.1, 0.15) is 22.2 Å². The van der Waals surface area contributed by atoms with E-state index in [1.807, 2.05) is 13.0 Å². The van der Waals surface area contributed by atoms with Crippen molar-refractivity contribution >= 4 is 15.7 Å². The van der Waals surface area contributed by atoms with Gasteiger partial charge in [-0.15, -0.1) is 0 Å². The lowest BCUT2D eigenvalue weighted by atomic mass is 10.1. The van der Waals surface area contributed by atoms with Crippen molar-refractivity contribution in [1.82, 2.24) is 4.90 Å². The highest BCUT2D eigenvalue weighted by Gasteiger charge is 2.30. The SMILES string of the molecule is Cc1ccc(OCCN)c(C(=O)N(C)C2CCS(=O)(=O)CC2)c1. The summed E-state index contributed by atoms with van der Waals surface area (Å²) >= 11 is 0. The summed E-state index contributed by atoms with van der Waals surface area (Å²) in [6.45, 7) is 2.63. The van der Waals surface area contributed by atoms with Crippen molar-refractivity contribution in [2.24, 2.45) is 5.73 Å². The molecule has 2 N–H and O–H groups in total. The number of rotatable bonds is 5. The topological polar surface area (TPSA) is 89.7 Å². The highest BCUT2D eigenvalue weighted by molar-refractivity contribution is 7.91. The average Bonchev–Trinajstić information content (AvgIpc) is 2.52. The van der Waals surface area contributed by atoms with Gasteiger partial charge in [-0.1, -0.05) is 11.6 Å². The van der Waals surface area contributed by atoms with Crippen LogP contribution in [0.2, 0.25) is 0 Å². The highest BCUT2D eigenvalue weighted by Crippen LogP contribution is 2.25. The molecule has 1 heterocycles. The molecule has 0 saturated carbocycles. The lowest BCUT2D eigenvalue weighted by Gasteiger charge is -2.31. The van der Waals surface area contributed by atoms with Gasteiger partial charge in [0, 0.05) is 19.6 Å². The molecule has 0 radical (unpaired) electrons. The van der Waals surface area contributed by atoms with Crippen LogP contribution < -0.4 is 10.5 Å². The van der Waals surface area contributed by atoms with E-state index < -0.39 is 9.84 Å². The summed E-state index contributed by atoms with van der Waals surface area (Å²) in [6.07, 6.45) is 0.963. The molecule has 6 nitrogen and oxygen atoms in total. The van der Waals surface area contributed by atoms with E-state index in [1.165, 1.54) is 0 Å². The van der Waals surface area contributed by atoms with Gasteiger partial charge in [0.25, 0.3) is 5.91 Å². The number of aryl methyl sites for hydroxylation is 1. The lowest BCUT2D eigenvalue weighted by molar-refractivity contribution is 0.0717. The molecule has 1 fully saturated rings. The maximum atomic E-state index is 12.8. The Labute approximate surface area is 137 Å². The fourth-order valence-corrected chi connectivity index (χ4v) is 4.19. The van der Waals surface area contributed by atoms with Gasteiger partial charge in [0.15, 0.2) is 0 Å². The van der Waals surface area contributed by atoms with E-state index in [-0.39, 0.29) is 23.5 Å². The maximum absolute atomic E-state index is 12.8. The number of carbonyl (C=O) groups is 1. The molecule has 2 rings (SSSR count). The normalized spacial score (nSPS) is 17.7. The van der Waals surface area contributed by atoms with Gasteiger partial charge in [-0.05, 0) is 31.9 Å². The Kier molecular flexibility index (Phi) is 5.64. The number of nitrogens with zero attached hydrogens (tertiary/aromatic N) is 1. The van der Waals surface area contributed by atoms with E-state index in [0.29, 0.717) is 37.3 Å². The molecule has 0 atom stereocenters. The number of carbonyl (C=O) groups excluding carboxylic acids is 1. The van der Waals surface area contributed by atoms with Crippen LogP contribution in [0.15, 0.2) is 18.2 Å². The summed E-state index contributed by atoms with van der Waals surface area (Å²) in [5.74, 6) is 0.644. The molecule has 0 unspecified atom stereocenters. The number of sulfone groups is 1. The van der Waals surface area contributed by atoms with Gasteiger partial charge >= 0.3 is 0 Å². The summed E-state index contributed by atoms with van der Waals surface area (Å²) < 4.78 is 28.6. The first-order chi connectivity index (χ1) is 10.8. The van der Waals surface area contributed by atoms with Crippen molar-refractivity contribution in [2.75, 3.05) is 31.7 Å². The van der Waals surface area contributed by atoms with Gasteiger partial charge in [0.05, 0.1) is 17.1 Å². The molecular weight excluding hydrogens is 316 g/mol. The van der Waals surface area contributed by atoms with Gasteiger partial charge in [-0.3, -0.25) is 4.79 Å². The van der Waals surface area contributed by atoms with E-state index in [4.69, 9.17) is 10.5 Å². The Morgan fingerprint density at radius 2 is 2.00 bits per heavy atom.